The summed E-state index contributed by atoms with van der Waals surface area (Å²) in [5.74, 6) is -0.178. The average Bonchev–Trinajstić information content (AvgIpc) is 2.87. The van der Waals surface area contributed by atoms with Crippen LogP contribution in [0.2, 0.25) is 0 Å². The number of anilines is 1. The molecule has 10 heteroatoms. The van der Waals surface area contributed by atoms with Gasteiger partial charge in [-0.1, -0.05) is 19.9 Å². The van der Waals surface area contributed by atoms with E-state index in [1.807, 2.05) is 18.3 Å². The highest BCUT2D eigenvalue weighted by molar-refractivity contribution is 5.88. The topological polar surface area (TPSA) is 110 Å². The molecule has 3 aromatic rings. The van der Waals surface area contributed by atoms with E-state index in [2.05, 4.69) is 34.1 Å². The van der Waals surface area contributed by atoms with E-state index in [9.17, 15) is 14.3 Å². The number of aromatic nitrogens is 3. The van der Waals surface area contributed by atoms with Crippen molar-refractivity contribution >= 4 is 22.8 Å². The molecule has 2 aliphatic heterocycles. The third-order valence-corrected chi connectivity index (χ3v) is 6.67. The van der Waals surface area contributed by atoms with E-state index in [-0.39, 0.29) is 42.7 Å². The first-order valence-corrected chi connectivity index (χ1v) is 12.2. The lowest BCUT2D eigenvalue weighted by Gasteiger charge is -2.28. The molecule has 0 radical (unpaired) electrons. The van der Waals surface area contributed by atoms with Gasteiger partial charge in [-0.15, -0.1) is 0 Å². The van der Waals surface area contributed by atoms with Gasteiger partial charge >= 0.3 is 0 Å². The van der Waals surface area contributed by atoms with Crippen LogP contribution in [0.25, 0.3) is 22.2 Å². The number of hydrogen-bond donors (Lipinski definition) is 2. The molecule has 2 aromatic heterocycles. The van der Waals surface area contributed by atoms with Crippen molar-refractivity contribution in [2.75, 3.05) is 38.3 Å². The maximum absolute atomic E-state index is 14.9. The normalized spacial score (nSPS) is 20.8. The van der Waals surface area contributed by atoms with Crippen LogP contribution in [0.1, 0.15) is 37.3 Å². The molecule has 2 fully saturated rings. The fourth-order valence-electron chi connectivity index (χ4n) is 4.83. The fraction of sp³-hybridized carbons (Fsp3) is 0.462. The van der Waals surface area contributed by atoms with Crippen LogP contribution in [0, 0.1) is 5.82 Å². The Balaban J connectivity index is 1.51. The molecule has 4 heterocycles. The van der Waals surface area contributed by atoms with E-state index >= 15 is 0 Å². The molecule has 2 N–H and O–H groups in total. The summed E-state index contributed by atoms with van der Waals surface area (Å²) in [7, 11) is 0. The van der Waals surface area contributed by atoms with Gasteiger partial charge in [-0.05, 0) is 35.6 Å². The number of pyridine rings is 1. The van der Waals surface area contributed by atoms with Gasteiger partial charge in [0.25, 0.3) is 0 Å². The Morgan fingerprint density at radius 2 is 2.08 bits per heavy atom. The maximum atomic E-state index is 14.9. The zero-order chi connectivity index (χ0) is 25.2. The van der Waals surface area contributed by atoms with Gasteiger partial charge < -0.3 is 24.8 Å². The number of nitrogens with one attached hydrogen (secondary N) is 1. The van der Waals surface area contributed by atoms with E-state index in [0.717, 1.165) is 28.2 Å². The van der Waals surface area contributed by atoms with Gasteiger partial charge in [-0.2, -0.15) is 0 Å². The van der Waals surface area contributed by atoms with Crippen LogP contribution in [0.4, 0.5) is 10.3 Å². The van der Waals surface area contributed by atoms with Gasteiger partial charge in [0.2, 0.25) is 11.9 Å². The Hall–Kier alpha value is -3.21. The standard InChI is InChI=1S/C26H30FN5O4/c1-15(2)24-17(12-32-6-8-36-14-23(32)34)10-28-20-4-3-16(9-18(20)24)25-19(27)11-29-26(31-25)30-21-5-7-35-13-22(21)33/h3-4,9-11,15,21-22,33H,5-8,12-14H2,1-2H3,(H,29,30,31)/t21-,22-/m1/s1. The summed E-state index contributed by atoms with van der Waals surface area (Å²) in [5.41, 5.74) is 3.58. The summed E-state index contributed by atoms with van der Waals surface area (Å²) in [5, 5.41) is 14.2. The van der Waals surface area contributed by atoms with Crippen LogP contribution in [-0.4, -0.2) is 76.0 Å². The summed E-state index contributed by atoms with van der Waals surface area (Å²) in [6.45, 7) is 6.55. The molecule has 0 spiro atoms. The molecule has 2 aliphatic rings. The number of aliphatic hydroxyl groups is 1. The van der Waals surface area contributed by atoms with Gasteiger partial charge in [-0.3, -0.25) is 9.78 Å². The zero-order valence-electron chi connectivity index (χ0n) is 20.4. The molecule has 190 valence electrons. The second-order valence-electron chi connectivity index (χ2n) is 9.52. The van der Waals surface area contributed by atoms with E-state index in [1.165, 1.54) is 0 Å². The lowest BCUT2D eigenvalue weighted by molar-refractivity contribution is -0.143. The molecule has 0 bridgehead atoms. The van der Waals surface area contributed by atoms with Crippen molar-refractivity contribution in [3.05, 3.63) is 47.5 Å². The van der Waals surface area contributed by atoms with Crippen LogP contribution >= 0.6 is 0 Å². The number of benzene rings is 1. The number of morpholine rings is 1. The molecule has 9 nitrogen and oxygen atoms in total. The molecular weight excluding hydrogens is 465 g/mol. The smallest absolute Gasteiger partial charge is 0.248 e. The summed E-state index contributed by atoms with van der Waals surface area (Å²) < 4.78 is 25.4. The SMILES string of the molecule is CC(C)c1c(CN2CCOCC2=O)cnc2ccc(-c3nc(N[C@@H]4CCOC[C@H]4O)ncc3F)cc12. The molecule has 0 unspecified atom stereocenters. The number of hydrogen-bond acceptors (Lipinski definition) is 8. The lowest BCUT2D eigenvalue weighted by atomic mass is 9.92. The van der Waals surface area contributed by atoms with Gasteiger partial charge in [0.05, 0.1) is 37.1 Å². The fourth-order valence-corrected chi connectivity index (χ4v) is 4.83. The molecule has 2 saturated heterocycles. The number of amides is 1. The van der Waals surface area contributed by atoms with Crippen molar-refractivity contribution in [2.24, 2.45) is 0 Å². The molecule has 0 aliphatic carbocycles. The lowest BCUT2D eigenvalue weighted by Crippen LogP contribution is -2.42. The second-order valence-corrected chi connectivity index (χ2v) is 9.52. The van der Waals surface area contributed by atoms with Crippen molar-refractivity contribution in [2.45, 2.75) is 44.9 Å². The molecule has 1 aromatic carbocycles. The van der Waals surface area contributed by atoms with Crippen molar-refractivity contribution in [3.63, 3.8) is 0 Å². The molecular formula is C26H30FN5O4. The van der Waals surface area contributed by atoms with Gasteiger partial charge in [0, 0.05) is 36.8 Å². The molecule has 36 heavy (non-hydrogen) atoms. The Bertz CT molecular complexity index is 1270. The van der Waals surface area contributed by atoms with Crippen LogP contribution in [0.15, 0.2) is 30.6 Å². The highest BCUT2D eigenvalue weighted by Crippen LogP contribution is 2.32. The molecule has 0 saturated carbocycles. The molecule has 2 atom stereocenters. The first kappa shape index (κ1) is 24.5. The van der Waals surface area contributed by atoms with E-state index in [0.29, 0.717) is 38.3 Å². The number of fused-ring (bicyclic) bond motifs is 1. The highest BCUT2D eigenvalue weighted by atomic mass is 19.1. The van der Waals surface area contributed by atoms with Gasteiger partial charge in [0.15, 0.2) is 5.82 Å². The molecule has 1 amide bonds. The number of ether oxygens (including phenoxy) is 2. The first-order chi connectivity index (χ1) is 17.4. The van der Waals surface area contributed by atoms with Gasteiger partial charge in [0.1, 0.15) is 12.3 Å². The highest BCUT2D eigenvalue weighted by Gasteiger charge is 2.25. The summed E-state index contributed by atoms with van der Waals surface area (Å²) in [4.78, 5) is 27.2. The van der Waals surface area contributed by atoms with Crippen molar-refractivity contribution in [1.82, 2.24) is 19.9 Å². The number of carbonyl (C=O) groups excluding carboxylic acids is 1. The second kappa shape index (κ2) is 10.4. The number of carbonyl (C=O) groups is 1. The monoisotopic (exact) mass is 495 g/mol. The predicted octanol–water partition coefficient (Wildman–Crippen LogP) is 2.87. The van der Waals surface area contributed by atoms with Crippen molar-refractivity contribution in [1.29, 1.82) is 0 Å². The van der Waals surface area contributed by atoms with Crippen molar-refractivity contribution in [3.8, 4) is 11.3 Å². The predicted molar refractivity (Wildman–Crippen MR) is 132 cm³/mol. The first-order valence-electron chi connectivity index (χ1n) is 12.2. The number of aliphatic hydroxyl groups excluding tert-OH is 1. The maximum Gasteiger partial charge on any atom is 0.248 e. The van der Waals surface area contributed by atoms with E-state index in [1.54, 1.807) is 11.0 Å². The average molecular weight is 496 g/mol. The largest absolute Gasteiger partial charge is 0.389 e. The summed E-state index contributed by atoms with van der Waals surface area (Å²) >= 11 is 0. The third-order valence-electron chi connectivity index (χ3n) is 6.67. The van der Waals surface area contributed by atoms with Gasteiger partial charge in [-0.25, -0.2) is 14.4 Å². The van der Waals surface area contributed by atoms with E-state index in [4.69, 9.17) is 9.47 Å². The number of nitrogens with zero attached hydrogens (tertiary/aromatic N) is 4. The third kappa shape index (κ3) is 5.02. The number of rotatable bonds is 6. The Labute approximate surface area is 208 Å². The Kier molecular flexibility index (Phi) is 7.08. The Morgan fingerprint density at radius 1 is 1.22 bits per heavy atom. The van der Waals surface area contributed by atoms with Crippen LogP contribution in [-0.2, 0) is 20.8 Å². The van der Waals surface area contributed by atoms with Crippen molar-refractivity contribution < 1.29 is 23.8 Å². The quantitative estimate of drug-likeness (QED) is 0.537. The molecule has 5 rings (SSSR count). The van der Waals surface area contributed by atoms with Crippen LogP contribution in [0.5, 0.6) is 0 Å². The minimum absolute atomic E-state index is 0.0393. The minimum Gasteiger partial charge on any atom is -0.389 e. The summed E-state index contributed by atoms with van der Waals surface area (Å²) in [6, 6.07) is 5.29. The minimum atomic E-state index is -0.687. The summed E-state index contributed by atoms with van der Waals surface area (Å²) in [6.07, 6.45) is 2.88. The van der Waals surface area contributed by atoms with Crippen LogP contribution in [0.3, 0.4) is 0 Å². The number of halogens is 1. The van der Waals surface area contributed by atoms with Crippen LogP contribution < -0.4 is 5.32 Å². The zero-order valence-corrected chi connectivity index (χ0v) is 20.4. The van der Waals surface area contributed by atoms with E-state index < -0.39 is 11.9 Å². The Morgan fingerprint density at radius 3 is 2.86 bits per heavy atom.